The molecule has 1 aliphatic rings. The highest BCUT2D eigenvalue weighted by Gasteiger charge is 2.56. The minimum atomic E-state index is -0.380. The molecule has 0 aromatic heterocycles. The summed E-state index contributed by atoms with van der Waals surface area (Å²) in [5, 5.41) is 13.1. The van der Waals surface area contributed by atoms with Crippen LogP contribution in [0.3, 0.4) is 0 Å². The lowest BCUT2D eigenvalue weighted by Crippen LogP contribution is -2.60. The topological polar surface area (TPSA) is 50.7 Å². The van der Waals surface area contributed by atoms with Crippen molar-refractivity contribution in [2.45, 2.75) is 50.9 Å². The number of ether oxygens (including phenoxy) is 2. The van der Waals surface area contributed by atoms with E-state index >= 15 is 0 Å². The maximum atomic E-state index is 9.70. The molecule has 96 valence electrons. The van der Waals surface area contributed by atoms with Crippen molar-refractivity contribution in [3.05, 3.63) is 0 Å². The molecule has 4 heteroatoms. The number of hydrogen-bond donors (Lipinski definition) is 2. The monoisotopic (exact) mass is 231 g/mol. The van der Waals surface area contributed by atoms with Gasteiger partial charge in [-0.25, -0.2) is 0 Å². The molecule has 0 saturated carbocycles. The van der Waals surface area contributed by atoms with Crippen LogP contribution in [0.2, 0.25) is 0 Å². The highest BCUT2D eigenvalue weighted by Crippen LogP contribution is 2.44. The Hall–Kier alpha value is -0.160. The van der Waals surface area contributed by atoms with Crippen LogP contribution in [0.25, 0.3) is 0 Å². The third-order valence-electron chi connectivity index (χ3n) is 3.45. The van der Waals surface area contributed by atoms with Gasteiger partial charge in [0.05, 0.1) is 30.0 Å². The van der Waals surface area contributed by atoms with Crippen LogP contribution in [0.5, 0.6) is 0 Å². The summed E-state index contributed by atoms with van der Waals surface area (Å²) in [6.07, 6.45) is 0.799. The van der Waals surface area contributed by atoms with Crippen molar-refractivity contribution < 1.29 is 14.6 Å². The van der Waals surface area contributed by atoms with Gasteiger partial charge in [-0.2, -0.15) is 0 Å². The molecule has 1 atom stereocenters. The van der Waals surface area contributed by atoms with Gasteiger partial charge in [-0.1, -0.05) is 0 Å². The van der Waals surface area contributed by atoms with E-state index in [4.69, 9.17) is 9.47 Å². The largest absolute Gasteiger partial charge is 0.394 e. The minimum absolute atomic E-state index is 0.0765. The molecule has 0 aliphatic carbocycles. The van der Waals surface area contributed by atoms with Crippen LogP contribution >= 0.6 is 0 Å². The average molecular weight is 231 g/mol. The van der Waals surface area contributed by atoms with E-state index in [0.29, 0.717) is 6.61 Å². The van der Waals surface area contributed by atoms with Crippen LogP contribution in [0.4, 0.5) is 0 Å². The van der Waals surface area contributed by atoms with Crippen molar-refractivity contribution >= 4 is 0 Å². The number of aliphatic hydroxyl groups excluding tert-OH is 1. The SMILES string of the molecule is COCCNC1(CO)CC(C)(C)OC1(C)C. The van der Waals surface area contributed by atoms with Crippen LogP contribution in [0.1, 0.15) is 34.1 Å². The second-order valence-electron chi connectivity index (χ2n) is 5.71. The molecule has 1 heterocycles. The Morgan fingerprint density at radius 3 is 2.31 bits per heavy atom. The smallest absolute Gasteiger partial charge is 0.0838 e. The molecular formula is C12H25NO3. The van der Waals surface area contributed by atoms with E-state index in [1.807, 2.05) is 13.8 Å². The van der Waals surface area contributed by atoms with Crippen LogP contribution in [-0.2, 0) is 9.47 Å². The molecule has 1 aliphatic heterocycles. The molecule has 0 spiro atoms. The fourth-order valence-corrected chi connectivity index (χ4v) is 2.73. The standard InChI is InChI=1S/C12H25NO3/c1-10(2)8-12(9-14,11(3,4)16-10)13-6-7-15-5/h13-14H,6-9H2,1-5H3. The second-order valence-corrected chi connectivity index (χ2v) is 5.71. The van der Waals surface area contributed by atoms with E-state index in [-0.39, 0.29) is 23.3 Å². The zero-order chi connectivity index (χ0) is 12.4. The second kappa shape index (κ2) is 4.61. The van der Waals surface area contributed by atoms with E-state index in [1.165, 1.54) is 0 Å². The Kier molecular flexibility index (Phi) is 4.00. The number of aliphatic hydroxyl groups is 1. The summed E-state index contributed by atoms with van der Waals surface area (Å²) in [7, 11) is 1.67. The molecule has 1 rings (SSSR count). The predicted octanol–water partition coefficient (Wildman–Crippen LogP) is 0.931. The summed E-state index contributed by atoms with van der Waals surface area (Å²) in [6, 6.07) is 0. The first kappa shape index (κ1) is 13.9. The summed E-state index contributed by atoms with van der Waals surface area (Å²) in [5.74, 6) is 0. The molecule has 0 amide bonds. The van der Waals surface area contributed by atoms with Crippen LogP contribution in [0.15, 0.2) is 0 Å². The molecule has 0 aromatic carbocycles. The van der Waals surface area contributed by atoms with Crippen LogP contribution < -0.4 is 5.32 Å². The average Bonchev–Trinajstić information content (AvgIpc) is 2.32. The lowest BCUT2D eigenvalue weighted by molar-refractivity contribution is -0.0899. The van der Waals surface area contributed by atoms with E-state index in [1.54, 1.807) is 7.11 Å². The van der Waals surface area contributed by atoms with Gasteiger partial charge in [-0.3, -0.25) is 0 Å². The van der Waals surface area contributed by atoms with Gasteiger partial charge in [-0.15, -0.1) is 0 Å². The van der Waals surface area contributed by atoms with Gasteiger partial charge in [0.1, 0.15) is 0 Å². The minimum Gasteiger partial charge on any atom is -0.394 e. The van der Waals surface area contributed by atoms with Gasteiger partial charge in [0.2, 0.25) is 0 Å². The molecule has 0 radical (unpaired) electrons. The maximum Gasteiger partial charge on any atom is 0.0838 e. The lowest BCUT2D eigenvalue weighted by atomic mass is 9.79. The first-order chi connectivity index (χ1) is 7.29. The Balaban J connectivity index is 2.77. The highest BCUT2D eigenvalue weighted by molar-refractivity contribution is 5.11. The molecule has 0 aromatic rings. The highest BCUT2D eigenvalue weighted by atomic mass is 16.5. The number of hydrogen-bond acceptors (Lipinski definition) is 4. The van der Waals surface area contributed by atoms with Gasteiger partial charge >= 0.3 is 0 Å². The van der Waals surface area contributed by atoms with Gasteiger partial charge in [0.15, 0.2) is 0 Å². The lowest BCUT2D eigenvalue weighted by Gasteiger charge is -2.39. The fourth-order valence-electron chi connectivity index (χ4n) is 2.73. The molecule has 1 unspecified atom stereocenters. The van der Waals surface area contributed by atoms with Gasteiger partial charge in [-0.05, 0) is 34.1 Å². The molecule has 0 bridgehead atoms. The summed E-state index contributed by atoms with van der Waals surface area (Å²) >= 11 is 0. The first-order valence-electron chi connectivity index (χ1n) is 5.84. The van der Waals surface area contributed by atoms with Gasteiger partial charge in [0.25, 0.3) is 0 Å². The molecule has 16 heavy (non-hydrogen) atoms. The summed E-state index contributed by atoms with van der Waals surface area (Å²) in [4.78, 5) is 0. The summed E-state index contributed by atoms with van der Waals surface area (Å²) in [6.45, 7) is 9.61. The molecular weight excluding hydrogens is 206 g/mol. The zero-order valence-electron chi connectivity index (χ0n) is 11.1. The summed E-state index contributed by atoms with van der Waals surface area (Å²) in [5.41, 5.74) is -0.958. The Labute approximate surface area is 98.3 Å². The third-order valence-corrected chi connectivity index (χ3v) is 3.45. The normalized spacial score (nSPS) is 31.9. The molecule has 1 fully saturated rings. The Bertz CT molecular complexity index is 240. The van der Waals surface area contributed by atoms with Crippen molar-refractivity contribution in [1.29, 1.82) is 0 Å². The zero-order valence-corrected chi connectivity index (χ0v) is 11.1. The van der Waals surface area contributed by atoms with E-state index in [9.17, 15) is 5.11 Å². The molecule has 2 N–H and O–H groups in total. The number of nitrogens with one attached hydrogen (secondary N) is 1. The van der Waals surface area contributed by atoms with Crippen molar-refractivity contribution in [1.82, 2.24) is 5.32 Å². The van der Waals surface area contributed by atoms with E-state index < -0.39 is 0 Å². The van der Waals surface area contributed by atoms with Crippen molar-refractivity contribution in [2.75, 3.05) is 26.9 Å². The van der Waals surface area contributed by atoms with Crippen molar-refractivity contribution in [3.63, 3.8) is 0 Å². The van der Waals surface area contributed by atoms with Crippen molar-refractivity contribution in [3.8, 4) is 0 Å². The third kappa shape index (κ3) is 2.56. The summed E-state index contributed by atoms with van der Waals surface area (Å²) < 4.78 is 11.0. The van der Waals surface area contributed by atoms with Crippen molar-refractivity contribution in [2.24, 2.45) is 0 Å². The quantitative estimate of drug-likeness (QED) is 0.691. The number of rotatable bonds is 5. The Morgan fingerprint density at radius 1 is 1.31 bits per heavy atom. The Morgan fingerprint density at radius 2 is 1.94 bits per heavy atom. The van der Waals surface area contributed by atoms with Gasteiger partial charge < -0.3 is 19.9 Å². The van der Waals surface area contributed by atoms with Crippen LogP contribution in [-0.4, -0.2) is 48.7 Å². The molecule has 1 saturated heterocycles. The van der Waals surface area contributed by atoms with E-state index in [0.717, 1.165) is 13.0 Å². The van der Waals surface area contributed by atoms with Crippen LogP contribution in [0, 0.1) is 0 Å². The van der Waals surface area contributed by atoms with E-state index in [2.05, 4.69) is 19.2 Å². The maximum absolute atomic E-state index is 9.70. The predicted molar refractivity (Wildman–Crippen MR) is 63.6 cm³/mol. The first-order valence-corrected chi connectivity index (χ1v) is 5.84. The molecule has 4 nitrogen and oxygen atoms in total. The van der Waals surface area contributed by atoms with Gasteiger partial charge in [0, 0.05) is 13.7 Å². The fraction of sp³-hybridized carbons (Fsp3) is 1.00. The number of methoxy groups -OCH3 is 1.